The Kier molecular flexibility index (Phi) is 7.10. The second-order valence-electron chi connectivity index (χ2n) is 9.04. The van der Waals surface area contributed by atoms with Crippen LogP contribution in [0.2, 0.25) is 0 Å². The largest absolute Gasteiger partial charge is 0.309 e. The normalized spacial score (nSPS) is 16.8. The molecule has 0 radical (unpaired) electrons. The molecule has 4 rings (SSSR count). The van der Waals surface area contributed by atoms with Gasteiger partial charge in [0, 0.05) is 31.0 Å². The molecule has 33 heavy (non-hydrogen) atoms. The molecule has 1 saturated heterocycles. The van der Waals surface area contributed by atoms with Gasteiger partial charge in [0.25, 0.3) is 0 Å². The Bertz CT molecular complexity index is 1100. The highest BCUT2D eigenvalue weighted by molar-refractivity contribution is 5.91. The van der Waals surface area contributed by atoms with E-state index in [4.69, 9.17) is 0 Å². The molecular weight excluding hydrogens is 416 g/mol. The number of rotatable bonds is 7. The van der Waals surface area contributed by atoms with Crippen molar-refractivity contribution >= 4 is 11.7 Å². The first-order chi connectivity index (χ1) is 15.9. The van der Waals surface area contributed by atoms with Crippen molar-refractivity contribution < 1.29 is 4.79 Å². The van der Waals surface area contributed by atoms with Gasteiger partial charge < -0.3 is 10.2 Å². The summed E-state index contributed by atoms with van der Waals surface area (Å²) in [7, 11) is 4.20. The number of nitrogens with one attached hydrogen (secondary N) is 1. The monoisotopic (exact) mass is 448 g/mol. The van der Waals surface area contributed by atoms with Gasteiger partial charge in [0.2, 0.25) is 5.91 Å². The summed E-state index contributed by atoms with van der Waals surface area (Å²) in [6.07, 6.45) is 4.03. The molecule has 1 N–H and O–H groups in total. The Labute approximate surface area is 194 Å². The molecule has 0 aromatic carbocycles. The maximum absolute atomic E-state index is 12.9. The molecule has 4 heterocycles. The zero-order valence-electron chi connectivity index (χ0n) is 19.8. The number of carbonyl (C=O) groups is 1. The number of likely N-dealkylation sites (tertiary alicyclic amines) is 1. The van der Waals surface area contributed by atoms with Gasteiger partial charge in [-0.25, -0.2) is 14.6 Å². The van der Waals surface area contributed by atoms with Crippen LogP contribution < -0.4 is 5.32 Å². The van der Waals surface area contributed by atoms with E-state index in [1.807, 2.05) is 38.1 Å². The molecule has 9 nitrogen and oxygen atoms in total. The number of aromatic nitrogens is 5. The number of piperidine rings is 1. The average molecular weight is 449 g/mol. The standard InChI is InChI=1S/C24H32N8O/c1-17-12-18(2)32(29-17)22-13-21(27-24(28-22)20-9-5-6-10-25-20)26-23(33)16-31-11-7-8-19(15-31)14-30(3)4/h5-6,9-10,12-13,19H,7-8,11,14-16H2,1-4H3,(H,26,27,28,33)/t19-/m0/s1. The fourth-order valence-electron chi connectivity index (χ4n) is 4.42. The summed E-state index contributed by atoms with van der Waals surface area (Å²) in [6, 6.07) is 9.33. The third-order valence-corrected chi connectivity index (χ3v) is 5.69. The van der Waals surface area contributed by atoms with Crippen molar-refractivity contribution in [3.05, 3.63) is 47.9 Å². The van der Waals surface area contributed by atoms with Crippen molar-refractivity contribution in [2.24, 2.45) is 5.92 Å². The number of carbonyl (C=O) groups excluding carboxylic acids is 1. The van der Waals surface area contributed by atoms with Gasteiger partial charge in [-0.1, -0.05) is 6.07 Å². The van der Waals surface area contributed by atoms with Crippen LogP contribution in [0.15, 0.2) is 36.5 Å². The Hall–Kier alpha value is -3.17. The molecule has 1 amide bonds. The van der Waals surface area contributed by atoms with E-state index in [0.717, 1.165) is 37.4 Å². The minimum absolute atomic E-state index is 0.0782. The predicted molar refractivity (Wildman–Crippen MR) is 128 cm³/mol. The molecule has 0 unspecified atom stereocenters. The number of aryl methyl sites for hydroxylation is 2. The van der Waals surface area contributed by atoms with E-state index in [9.17, 15) is 4.79 Å². The highest BCUT2D eigenvalue weighted by atomic mass is 16.2. The van der Waals surface area contributed by atoms with Gasteiger partial charge in [-0.05, 0) is 71.4 Å². The number of hydrogen-bond acceptors (Lipinski definition) is 7. The van der Waals surface area contributed by atoms with Crippen LogP contribution in [-0.4, -0.2) is 80.7 Å². The molecule has 0 saturated carbocycles. The van der Waals surface area contributed by atoms with Gasteiger partial charge in [0.1, 0.15) is 11.5 Å². The van der Waals surface area contributed by atoms with Gasteiger partial charge in [0.15, 0.2) is 11.6 Å². The van der Waals surface area contributed by atoms with Crippen LogP contribution in [-0.2, 0) is 4.79 Å². The van der Waals surface area contributed by atoms with Crippen molar-refractivity contribution in [1.29, 1.82) is 0 Å². The summed E-state index contributed by atoms with van der Waals surface area (Å²) in [4.78, 5) is 31.0. The Morgan fingerprint density at radius 3 is 2.76 bits per heavy atom. The van der Waals surface area contributed by atoms with Crippen LogP contribution in [0.4, 0.5) is 5.82 Å². The highest BCUT2D eigenvalue weighted by Crippen LogP contribution is 2.20. The lowest BCUT2D eigenvalue weighted by Gasteiger charge is -2.33. The van der Waals surface area contributed by atoms with E-state index in [1.54, 1.807) is 16.9 Å². The van der Waals surface area contributed by atoms with E-state index in [2.05, 4.69) is 49.3 Å². The molecule has 9 heteroatoms. The van der Waals surface area contributed by atoms with Crippen molar-refractivity contribution in [3.8, 4) is 17.3 Å². The lowest BCUT2D eigenvalue weighted by Crippen LogP contribution is -2.43. The van der Waals surface area contributed by atoms with Crippen LogP contribution in [0, 0.1) is 19.8 Å². The minimum Gasteiger partial charge on any atom is -0.309 e. The lowest BCUT2D eigenvalue weighted by molar-refractivity contribution is -0.117. The maximum atomic E-state index is 12.9. The molecule has 0 bridgehead atoms. The first-order valence-electron chi connectivity index (χ1n) is 11.4. The fourth-order valence-corrected chi connectivity index (χ4v) is 4.42. The Morgan fingerprint density at radius 1 is 1.21 bits per heavy atom. The summed E-state index contributed by atoms with van der Waals surface area (Å²) >= 11 is 0. The number of amides is 1. The van der Waals surface area contributed by atoms with Gasteiger partial charge >= 0.3 is 0 Å². The second kappa shape index (κ2) is 10.2. The molecule has 1 aliphatic heterocycles. The zero-order valence-corrected chi connectivity index (χ0v) is 19.8. The third kappa shape index (κ3) is 6.00. The number of pyridine rings is 1. The van der Waals surface area contributed by atoms with E-state index >= 15 is 0 Å². The van der Waals surface area contributed by atoms with Crippen LogP contribution in [0.3, 0.4) is 0 Å². The van der Waals surface area contributed by atoms with Gasteiger partial charge in [-0.3, -0.25) is 14.7 Å². The SMILES string of the molecule is Cc1cc(C)n(-c2cc(NC(=O)CN3CCC[C@@H](CN(C)C)C3)nc(-c3ccccn3)n2)n1. The number of hydrogen-bond donors (Lipinski definition) is 1. The molecule has 1 atom stereocenters. The lowest BCUT2D eigenvalue weighted by atomic mass is 9.97. The van der Waals surface area contributed by atoms with Crippen LogP contribution in [0.5, 0.6) is 0 Å². The van der Waals surface area contributed by atoms with Crippen molar-refractivity contribution in [2.75, 3.05) is 45.6 Å². The fraction of sp³-hybridized carbons (Fsp3) is 0.458. The van der Waals surface area contributed by atoms with E-state index in [1.165, 1.54) is 6.42 Å². The van der Waals surface area contributed by atoms with Crippen LogP contribution in [0.1, 0.15) is 24.2 Å². The molecule has 3 aromatic rings. The maximum Gasteiger partial charge on any atom is 0.239 e. The quantitative estimate of drug-likeness (QED) is 0.594. The van der Waals surface area contributed by atoms with Gasteiger partial charge in [-0.2, -0.15) is 5.10 Å². The molecule has 3 aromatic heterocycles. The van der Waals surface area contributed by atoms with Crippen LogP contribution >= 0.6 is 0 Å². The van der Waals surface area contributed by atoms with Crippen LogP contribution in [0.25, 0.3) is 17.3 Å². The highest BCUT2D eigenvalue weighted by Gasteiger charge is 2.22. The van der Waals surface area contributed by atoms with Crippen molar-refractivity contribution in [2.45, 2.75) is 26.7 Å². The van der Waals surface area contributed by atoms with Gasteiger partial charge in [0.05, 0.1) is 12.2 Å². The Balaban J connectivity index is 1.54. The molecule has 0 spiro atoms. The molecular formula is C24H32N8O. The summed E-state index contributed by atoms with van der Waals surface area (Å²) in [5.74, 6) is 2.00. The summed E-state index contributed by atoms with van der Waals surface area (Å²) in [5.41, 5.74) is 2.49. The first kappa shape index (κ1) is 23.0. The van der Waals surface area contributed by atoms with E-state index in [-0.39, 0.29) is 5.91 Å². The average Bonchev–Trinajstić information content (AvgIpc) is 3.12. The van der Waals surface area contributed by atoms with E-state index in [0.29, 0.717) is 35.6 Å². The molecule has 0 aliphatic carbocycles. The zero-order chi connectivity index (χ0) is 23.4. The molecule has 1 aliphatic rings. The topological polar surface area (TPSA) is 92.1 Å². The smallest absolute Gasteiger partial charge is 0.239 e. The molecule has 1 fully saturated rings. The first-order valence-corrected chi connectivity index (χ1v) is 11.4. The van der Waals surface area contributed by atoms with Crippen molar-refractivity contribution in [3.63, 3.8) is 0 Å². The summed E-state index contributed by atoms with van der Waals surface area (Å²) < 4.78 is 1.76. The summed E-state index contributed by atoms with van der Waals surface area (Å²) in [5, 5.41) is 7.52. The third-order valence-electron chi connectivity index (χ3n) is 5.69. The van der Waals surface area contributed by atoms with E-state index < -0.39 is 0 Å². The second-order valence-corrected chi connectivity index (χ2v) is 9.04. The minimum atomic E-state index is -0.0782. The van der Waals surface area contributed by atoms with Gasteiger partial charge in [-0.15, -0.1) is 0 Å². The number of anilines is 1. The summed E-state index contributed by atoms with van der Waals surface area (Å²) in [6.45, 7) is 7.19. The predicted octanol–water partition coefficient (Wildman–Crippen LogP) is 2.55. The van der Waals surface area contributed by atoms with Crippen molar-refractivity contribution in [1.82, 2.24) is 34.5 Å². The Morgan fingerprint density at radius 2 is 2.06 bits per heavy atom. The number of nitrogens with zero attached hydrogens (tertiary/aromatic N) is 7. The molecule has 174 valence electrons.